The average Bonchev–Trinajstić information content (AvgIpc) is 2.47. The zero-order valence-corrected chi connectivity index (χ0v) is 12.3. The van der Waals surface area contributed by atoms with E-state index in [0.29, 0.717) is 29.6 Å². The van der Waals surface area contributed by atoms with Crippen molar-refractivity contribution in [2.45, 2.75) is 13.1 Å². The van der Waals surface area contributed by atoms with Gasteiger partial charge in [0.2, 0.25) is 0 Å². The fourth-order valence-electron chi connectivity index (χ4n) is 2.45. The van der Waals surface area contributed by atoms with Crippen LogP contribution in [0.15, 0.2) is 36.4 Å². The first kappa shape index (κ1) is 13.7. The van der Waals surface area contributed by atoms with Crippen molar-refractivity contribution >= 4 is 29.1 Å². The van der Waals surface area contributed by atoms with Gasteiger partial charge in [0.1, 0.15) is 5.82 Å². The van der Waals surface area contributed by atoms with E-state index >= 15 is 0 Å². The number of aromatic nitrogens is 1. The first-order valence-electron chi connectivity index (χ1n) is 6.57. The number of nitrogens with zero attached hydrogens (tertiary/aromatic N) is 3. The Morgan fingerprint density at radius 3 is 2.86 bits per heavy atom. The smallest absolute Gasteiger partial charge is 0.324 e. The predicted molar refractivity (Wildman–Crippen MR) is 83.1 cm³/mol. The van der Waals surface area contributed by atoms with Gasteiger partial charge in [0.25, 0.3) is 0 Å². The summed E-state index contributed by atoms with van der Waals surface area (Å²) in [6.45, 7) is 0.896. The summed E-state index contributed by atoms with van der Waals surface area (Å²) < 4.78 is 0. The molecule has 1 aliphatic heterocycles. The van der Waals surface area contributed by atoms with E-state index in [1.807, 2.05) is 24.3 Å². The number of urea groups is 1. The van der Waals surface area contributed by atoms with Gasteiger partial charge in [-0.2, -0.15) is 0 Å². The normalized spacial score (nSPS) is 14.3. The molecule has 0 fully saturated rings. The molecule has 0 aliphatic carbocycles. The summed E-state index contributed by atoms with van der Waals surface area (Å²) in [5.74, 6) is 0.389. The second-order valence-electron chi connectivity index (χ2n) is 5.02. The molecule has 2 heterocycles. The molecule has 0 radical (unpaired) electrons. The van der Waals surface area contributed by atoms with E-state index < -0.39 is 0 Å². The minimum absolute atomic E-state index is 0.0750. The molecule has 2 N–H and O–H groups in total. The number of fused-ring (bicyclic) bond motifs is 1. The van der Waals surface area contributed by atoms with Gasteiger partial charge in [0.05, 0.1) is 22.9 Å². The van der Waals surface area contributed by atoms with Crippen LogP contribution in [0.3, 0.4) is 0 Å². The highest BCUT2D eigenvalue weighted by atomic mass is 35.5. The van der Waals surface area contributed by atoms with Crippen LogP contribution in [0.1, 0.15) is 11.3 Å². The van der Waals surface area contributed by atoms with Crippen molar-refractivity contribution in [2.75, 3.05) is 17.7 Å². The Hall–Kier alpha value is -2.27. The van der Waals surface area contributed by atoms with Gasteiger partial charge in [-0.15, -0.1) is 0 Å². The standard InChI is InChI=1S/C15H15ClN4O/c1-19-8-10-4-2-3-5-13(10)20(15(19)21)9-12-11(16)6-7-14(17)18-12/h2-7H,8-9H2,1H3,(H2,17,18). The molecule has 5 nitrogen and oxygen atoms in total. The summed E-state index contributed by atoms with van der Waals surface area (Å²) in [6, 6.07) is 11.1. The minimum Gasteiger partial charge on any atom is -0.384 e. The molecule has 0 bridgehead atoms. The van der Waals surface area contributed by atoms with Gasteiger partial charge >= 0.3 is 6.03 Å². The topological polar surface area (TPSA) is 62.5 Å². The summed E-state index contributed by atoms with van der Waals surface area (Å²) in [6.07, 6.45) is 0. The van der Waals surface area contributed by atoms with Crippen molar-refractivity contribution in [1.29, 1.82) is 0 Å². The van der Waals surface area contributed by atoms with Crippen molar-refractivity contribution in [3.05, 3.63) is 52.7 Å². The molecule has 2 amide bonds. The van der Waals surface area contributed by atoms with Crippen LogP contribution in [0.4, 0.5) is 16.3 Å². The zero-order chi connectivity index (χ0) is 15.0. The molecule has 0 spiro atoms. The molecule has 0 unspecified atom stereocenters. The Kier molecular flexibility index (Phi) is 3.43. The average molecular weight is 303 g/mol. The first-order chi connectivity index (χ1) is 10.1. The van der Waals surface area contributed by atoms with Crippen LogP contribution >= 0.6 is 11.6 Å². The van der Waals surface area contributed by atoms with E-state index in [0.717, 1.165) is 11.3 Å². The van der Waals surface area contributed by atoms with E-state index in [2.05, 4.69) is 4.98 Å². The highest BCUT2D eigenvalue weighted by Crippen LogP contribution is 2.30. The summed E-state index contributed by atoms with van der Waals surface area (Å²) in [5.41, 5.74) is 8.28. The Labute approximate surface area is 127 Å². The van der Waals surface area contributed by atoms with Gasteiger partial charge in [-0.1, -0.05) is 29.8 Å². The summed E-state index contributed by atoms with van der Waals surface area (Å²) in [5, 5.41) is 0.503. The maximum atomic E-state index is 12.4. The van der Waals surface area contributed by atoms with Crippen molar-refractivity contribution < 1.29 is 4.79 Å². The molecule has 1 aromatic carbocycles. The molecule has 108 valence electrons. The summed E-state index contributed by atoms with van der Waals surface area (Å²) >= 11 is 6.16. The second kappa shape index (κ2) is 5.26. The Morgan fingerprint density at radius 1 is 1.29 bits per heavy atom. The molecule has 3 rings (SSSR count). The largest absolute Gasteiger partial charge is 0.384 e. The van der Waals surface area contributed by atoms with Crippen molar-refractivity contribution in [1.82, 2.24) is 9.88 Å². The molecular formula is C15H15ClN4O. The Morgan fingerprint density at radius 2 is 2.05 bits per heavy atom. The van der Waals surface area contributed by atoms with Gasteiger partial charge in [0, 0.05) is 13.6 Å². The molecule has 1 aliphatic rings. The van der Waals surface area contributed by atoms with E-state index in [4.69, 9.17) is 17.3 Å². The minimum atomic E-state index is -0.0750. The summed E-state index contributed by atoms with van der Waals surface area (Å²) in [7, 11) is 1.78. The first-order valence-corrected chi connectivity index (χ1v) is 6.95. The van der Waals surface area contributed by atoms with Crippen molar-refractivity contribution in [3.8, 4) is 0 Å². The van der Waals surface area contributed by atoms with Gasteiger partial charge in [0.15, 0.2) is 0 Å². The van der Waals surface area contributed by atoms with Gasteiger partial charge < -0.3 is 10.6 Å². The number of hydrogen-bond acceptors (Lipinski definition) is 3. The van der Waals surface area contributed by atoms with E-state index in [-0.39, 0.29) is 6.03 Å². The number of carbonyl (C=O) groups is 1. The van der Waals surface area contributed by atoms with Crippen LogP contribution in [-0.4, -0.2) is 23.0 Å². The number of anilines is 2. The monoisotopic (exact) mass is 302 g/mol. The fourth-order valence-corrected chi connectivity index (χ4v) is 2.62. The fraction of sp³-hybridized carbons (Fsp3) is 0.200. The molecule has 21 heavy (non-hydrogen) atoms. The summed E-state index contributed by atoms with van der Waals surface area (Å²) in [4.78, 5) is 20.0. The molecule has 0 saturated heterocycles. The van der Waals surface area contributed by atoms with Gasteiger partial charge in [-0.05, 0) is 23.8 Å². The Balaban J connectivity index is 2.01. The zero-order valence-electron chi connectivity index (χ0n) is 11.6. The van der Waals surface area contributed by atoms with Crippen molar-refractivity contribution in [2.24, 2.45) is 0 Å². The lowest BCUT2D eigenvalue weighted by molar-refractivity contribution is 0.210. The van der Waals surface area contributed by atoms with E-state index in [1.165, 1.54) is 0 Å². The number of carbonyl (C=O) groups excluding carboxylic acids is 1. The molecule has 6 heteroatoms. The Bertz CT molecular complexity index is 704. The highest BCUT2D eigenvalue weighted by Gasteiger charge is 2.28. The number of nitrogen functional groups attached to an aromatic ring is 1. The number of nitrogens with two attached hydrogens (primary N) is 1. The van der Waals surface area contributed by atoms with Gasteiger partial charge in [-0.3, -0.25) is 4.90 Å². The van der Waals surface area contributed by atoms with Crippen LogP contribution in [-0.2, 0) is 13.1 Å². The van der Waals surface area contributed by atoms with Crippen LogP contribution < -0.4 is 10.6 Å². The number of para-hydroxylation sites is 1. The van der Waals surface area contributed by atoms with Crippen molar-refractivity contribution in [3.63, 3.8) is 0 Å². The van der Waals surface area contributed by atoms with Crippen LogP contribution in [0.5, 0.6) is 0 Å². The number of pyridine rings is 1. The number of benzene rings is 1. The van der Waals surface area contributed by atoms with Crippen LogP contribution in [0, 0.1) is 0 Å². The SMILES string of the molecule is CN1Cc2ccccc2N(Cc2nc(N)ccc2Cl)C1=O. The molecule has 0 atom stereocenters. The number of halogens is 1. The third-order valence-corrected chi connectivity index (χ3v) is 3.84. The number of hydrogen-bond donors (Lipinski definition) is 1. The maximum Gasteiger partial charge on any atom is 0.324 e. The van der Waals surface area contributed by atoms with Crippen LogP contribution in [0.2, 0.25) is 5.02 Å². The molecule has 2 aromatic rings. The lowest BCUT2D eigenvalue weighted by Gasteiger charge is -2.35. The van der Waals surface area contributed by atoms with Crippen LogP contribution in [0.25, 0.3) is 0 Å². The van der Waals surface area contributed by atoms with Gasteiger partial charge in [-0.25, -0.2) is 9.78 Å². The highest BCUT2D eigenvalue weighted by molar-refractivity contribution is 6.31. The lowest BCUT2D eigenvalue weighted by atomic mass is 10.1. The number of rotatable bonds is 2. The van der Waals surface area contributed by atoms with E-state index in [1.54, 1.807) is 29.0 Å². The molecule has 0 saturated carbocycles. The third-order valence-electron chi connectivity index (χ3n) is 3.50. The third kappa shape index (κ3) is 2.52. The lowest BCUT2D eigenvalue weighted by Crippen LogP contribution is -2.44. The maximum absolute atomic E-state index is 12.4. The predicted octanol–water partition coefficient (Wildman–Crippen LogP) is 2.89. The van der Waals surface area contributed by atoms with E-state index in [9.17, 15) is 4.79 Å². The second-order valence-corrected chi connectivity index (χ2v) is 5.43. The number of amides is 2. The molecule has 1 aromatic heterocycles. The molecular weight excluding hydrogens is 288 g/mol. The quantitative estimate of drug-likeness (QED) is 0.928.